The highest BCUT2D eigenvalue weighted by molar-refractivity contribution is 7.50. The monoisotopic (exact) mass is 573 g/mol. The second-order valence-corrected chi connectivity index (χ2v) is 12.5. The first-order valence-electron chi connectivity index (χ1n) is 12.4. The molecule has 0 aliphatic carbocycles. The lowest BCUT2D eigenvalue weighted by Gasteiger charge is -2.41. The molecule has 0 aliphatic rings. The molecule has 0 aromatic heterocycles. The van der Waals surface area contributed by atoms with Crippen LogP contribution in [0, 0.1) is 0 Å². The van der Waals surface area contributed by atoms with Crippen molar-refractivity contribution < 1.29 is 39.5 Å². The van der Waals surface area contributed by atoms with E-state index in [1.165, 1.54) is 0 Å². The van der Waals surface area contributed by atoms with Gasteiger partial charge in [-0.3, -0.25) is 9.46 Å². The van der Waals surface area contributed by atoms with Crippen LogP contribution in [0.1, 0.15) is 22.3 Å². The number of fused-ring (bicyclic) bond motifs is 2. The highest BCUT2D eigenvalue weighted by atomic mass is 31.2. The van der Waals surface area contributed by atoms with Gasteiger partial charge in [0.15, 0.2) is 8.38 Å². The van der Waals surface area contributed by atoms with Crippen molar-refractivity contribution in [1.82, 2.24) is 4.90 Å². The van der Waals surface area contributed by atoms with Gasteiger partial charge in [-0.05, 0) is 43.8 Å². The first-order chi connectivity index (χ1) is 18.6. The molecule has 4 aromatic carbocycles. The van der Waals surface area contributed by atoms with Crippen LogP contribution in [0.25, 0.3) is 21.5 Å². The van der Waals surface area contributed by atoms with E-state index >= 15 is 0 Å². The molecule has 4 rings (SSSR count). The van der Waals surface area contributed by atoms with Crippen LogP contribution in [0.5, 0.6) is 0 Å². The zero-order valence-electron chi connectivity index (χ0n) is 21.3. The maximum Gasteiger partial charge on any atom is 0.329 e. The Morgan fingerprint density at radius 1 is 0.641 bits per heavy atom. The third-order valence-corrected chi connectivity index (χ3v) is 8.55. The lowest BCUT2D eigenvalue weighted by atomic mass is 9.94. The van der Waals surface area contributed by atoms with E-state index in [0.29, 0.717) is 10.9 Å². The van der Waals surface area contributed by atoms with Crippen LogP contribution >= 0.6 is 16.0 Å². The first kappa shape index (κ1) is 29.7. The molecular weight excluding hydrogens is 540 g/mol. The number of hydrogen-bond donors (Lipinski definition) is 7. The molecule has 7 N–H and O–H groups in total. The summed E-state index contributed by atoms with van der Waals surface area (Å²) in [4.78, 5) is 40.1. The fraction of sp³-hybridized carbons (Fsp3) is 0.286. The van der Waals surface area contributed by atoms with E-state index in [-0.39, 0.29) is 19.3 Å². The van der Waals surface area contributed by atoms with Crippen molar-refractivity contribution in [1.29, 1.82) is 0 Å². The Morgan fingerprint density at radius 2 is 1.03 bits per heavy atom. The van der Waals surface area contributed by atoms with Crippen molar-refractivity contribution in [3.05, 3.63) is 95.1 Å². The fourth-order valence-electron chi connectivity index (χ4n) is 5.06. The van der Waals surface area contributed by atoms with Crippen molar-refractivity contribution in [2.24, 2.45) is 0 Å². The molecule has 39 heavy (non-hydrogen) atoms. The molecule has 0 atom stereocenters. The van der Waals surface area contributed by atoms with Crippen LogP contribution in [0.15, 0.2) is 72.8 Å². The molecule has 0 saturated heterocycles. The maximum atomic E-state index is 11.7. The number of aliphatic hydroxyl groups excluding tert-OH is 3. The fourth-order valence-corrected chi connectivity index (χ4v) is 6.36. The minimum absolute atomic E-state index is 0.126. The summed E-state index contributed by atoms with van der Waals surface area (Å²) in [6, 6.07) is 22.0. The molecule has 0 bridgehead atoms. The maximum absolute atomic E-state index is 11.7. The Morgan fingerprint density at radius 3 is 1.44 bits per heavy atom. The van der Waals surface area contributed by atoms with Gasteiger partial charge < -0.3 is 34.9 Å². The molecule has 0 fully saturated rings. The molecule has 0 spiro atoms. The summed E-state index contributed by atoms with van der Waals surface area (Å²) in [6.07, 6.45) is -0.270. The molecule has 0 saturated carbocycles. The summed E-state index contributed by atoms with van der Waals surface area (Å²) >= 11 is 0. The lowest BCUT2D eigenvalue weighted by molar-refractivity contribution is -0.0565. The molecule has 9 nitrogen and oxygen atoms in total. The third-order valence-electron chi connectivity index (χ3n) is 7.17. The molecule has 0 aliphatic heterocycles. The normalized spacial score (nSPS) is 12.7. The summed E-state index contributed by atoms with van der Waals surface area (Å²) in [5.41, 5.74) is 1.60. The molecule has 0 unspecified atom stereocenters. The van der Waals surface area contributed by atoms with Crippen molar-refractivity contribution in [2.45, 2.75) is 31.0 Å². The lowest BCUT2D eigenvalue weighted by Crippen LogP contribution is -2.56. The van der Waals surface area contributed by atoms with Crippen molar-refractivity contribution in [2.75, 3.05) is 19.8 Å². The smallest absolute Gasteiger partial charge is 0.329 e. The van der Waals surface area contributed by atoms with Gasteiger partial charge in [0, 0.05) is 19.3 Å². The molecule has 208 valence electrons. The number of benzene rings is 4. The van der Waals surface area contributed by atoms with E-state index in [9.17, 15) is 39.5 Å². The zero-order valence-corrected chi connectivity index (χ0v) is 23.0. The van der Waals surface area contributed by atoms with Crippen LogP contribution in [-0.2, 0) is 30.0 Å². The van der Waals surface area contributed by atoms with Crippen LogP contribution in [-0.4, -0.2) is 65.2 Å². The van der Waals surface area contributed by atoms with Gasteiger partial charge in [0.25, 0.3) is 0 Å². The summed E-state index contributed by atoms with van der Waals surface area (Å²) in [7, 11) is -6.42. The Balaban J connectivity index is 1.80. The quantitative estimate of drug-likeness (QED) is 0.126. The minimum Gasteiger partial charge on any atom is -0.394 e. The molecule has 11 heteroatoms. The van der Waals surface area contributed by atoms with Gasteiger partial charge in [-0.25, -0.2) is 0 Å². The average Bonchev–Trinajstić information content (AvgIpc) is 2.90. The SMILES string of the molecule is O=P(O)(O)Cc1cccc2c(CN(Cc3cccc4c(CP(O)O)cccc34)C(CO)(CO)CO)cccc12. The van der Waals surface area contributed by atoms with Gasteiger partial charge in [-0.15, -0.1) is 0 Å². The molecule has 0 heterocycles. The average molecular weight is 574 g/mol. The molecular formula is C28H33NO8P2. The summed E-state index contributed by atoms with van der Waals surface area (Å²) in [5, 5.41) is 34.2. The van der Waals surface area contributed by atoms with Gasteiger partial charge in [0.2, 0.25) is 0 Å². The Labute approximate surface area is 227 Å². The molecule has 0 amide bonds. The van der Waals surface area contributed by atoms with E-state index in [4.69, 9.17) is 0 Å². The summed E-state index contributed by atoms with van der Waals surface area (Å²) in [5.74, 6) is 0. The van der Waals surface area contributed by atoms with Gasteiger partial charge in [0.1, 0.15) is 0 Å². The number of aliphatic hydroxyl groups is 3. The van der Waals surface area contributed by atoms with E-state index in [1.807, 2.05) is 53.4 Å². The van der Waals surface area contributed by atoms with E-state index in [0.717, 1.165) is 32.8 Å². The number of rotatable bonds is 12. The first-order valence-corrected chi connectivity index (χ1v) is 15.6. The van der Waals surface area contributed by atoms with Gasteiger partial charge in [0.05, 0.1) is 31.5 Å². The zero-order chi connectivity index (χ0) is 28.2. The third kappa shape index (κ3) is 6.73. The number of hydrogen-bond acceptors (Lipinski definition) is 7. The second kappa shape index (κ2) is 12.5. The van der Waals surface area contributed by atoms with Gasteiger partial charge in [-0.2, -0.15) is 0 Å². The molecule has 0 radical (unpaired) electrons. The highest BCUT2D eigenvalue weighted by Gasteiger charge is 2.36. The van der Waals surface area contributed by atoms with Crippen LogP contribution in [0.3, 0.4) is 0 Å². The van der Waals surface area contributed by atoms with Crippen molar-refractivity contribution in [3.8, 4) is 0 Å². The van der Waals surface area contributed by atoms with E-state index < -0.39 is 47.5 Å². The predicted molar refractivity (Wildman–Crippen MR) is 152 cm³/mol. The van der Waals surface area contributed by atoms with Gasteiger partial charge >= 0.3 is 7.60 Å². The Kier molecular flexibility index (Phi) is 9.53. The highest BCUT2D eigenvalue weighted by Crippen LogP contribution is 2.41. The largest absolute Gasteiger partial charge is 0.394 e. The Hall–Kier alpha value is -2.26. The van der Waals surface area contributed by atoms with Crippen molar-refractivity contribution >= 4 is 37.5 Å². The van der Waals surface area contributed by atoms with Crippen LogP contribution in [0.4, 0.5) is 0 Å². The van der Waals surface area contributed by atoms with Crippen LogP contribution < -0.4 is 0 Å². The minimum atomic E-state index is -4.30. The predicted octanol–water partition coefficient (Wildman–Crippen LogP) is 3.19. The van der Waals surface area contributed by atoms with E-state index in [2.05, 4.69) is 0 Å². The van der Waals surface area contributed by atoms with E-state index in [1.54, 1.807) is 24.3 Å². The van der Waals surface area contributed by atoms with Crippen LogP contribution in [0.2, 0.25) is 0 Å². The summed E-state index contributed by atoms with van der Waals surface area (Å²) < 4.78 is 11.7. The number of nitrogens with zero attached hydrogens (tertiary/aromatic N) is 1. The standard InChI is InChI=1S/C28H33NO8P2/c30-17-28(18-31,19-32)29(13-20-5-1-11-26-22(15-38(33)34)7-3-9-24(20)26)14-21-6-2-12-27-23(16-39(35,36)37)8-4-10-25(21)27/h1-12,30-34H,13-19H2,(H2,35,36,37). The van der Waals surface area contributed by atoms with Crippen molar-refractivity contribution in [3.63, 3.8) is 0 Å². The van der Waals surface area contributed by atoms with Gasteiger partial charge in [-0.1, -0.05) is 72.8 Å². The topological polar surface area (TPSA) is 162 Å². The summed E-state index contributed by atoms with van der Waals surface area (Å²) in [6.45, 7) is -1.07. The second-order valence-electron chi connectivity index (χ2n) is 9.77. The molecule has 4 aromatic rings. The Bertz CT molecular complexity index is 1480.